The fourth-order valence-corrected chi connectivity index (χ4v) is 6.91. The predicted octanol–water partition coefficient (Wildman–Crippen LogP) is 11.8. The van der Waals surface area contributed by atoms with Gasteiger partial charge >= 0.3 is 36.4 Å². The first-order valence-electron chi connectivity index (χ1n) is 12.4. The molecule has 0 radical (unpaired) electrons. The average Bonchev–Trinajstić information content (AvgIpc) is 2.95. The second-order valence-corrected chi connectivity index (χ2v) is 18.6. The van der Waals surface area contributed by atoms with Crippen LogP contribution < -0.4 is 0 Å². The molecule has 0 unspecified atom stereocenters. The molecule has 0 N–H and O–H groups in total. The van der Waals surface area contributed by atoms with Crippen LogP contribution in [0.5, 0.6) is 0 Å². The average molecular weight is 798 g/mol. The van der Waals surface area contributed by atoms with Crippen LogP contribution in [0.1, 0.15) is 15.9 Å². The summed E-state index contributed by atoms with van der Waals surface area (Å²) in [6.07, 6.45) is 0. The van der Waals surface area contributed by atoms with E-state index in [9.17, 15) is 26.1 Å². The van der Waals surface area contributed by atoms with Gasteiger partial charge in [0.2, 0.25) is 0 Å². The molecular weight excluding hydrogens is 778 g/mol. The van der Waals surface area contributed by atoms with Gasteiger partial charge in [0.1, 0.15) is 5.82 Å². The fourth-order valence-electron chi connectivity index (χ4n) is 3.80. The number of carbonyl (C=O) groups is 1. The first kappa shape index (κ1) is 34.3. The molecule has 5 rings (SSSR count). The Morgan fingerprint density at radius 1 is 0.591 bits per heavy atom. The van der Waals surface area contributed by atoms with E-state index < -0.39 is 25.3 Å². The van der Waals surface area contributed by atoms with Gasteiger partial charge in [-0.25, -0.2) is 4.39 Å². The maximum absolute atomic E-state index is 14.9. The minimum atomic E-state index is -11.2. The van der Waals surface area contributed by atoms with E-state index in [4.69, 9.17) is 23.2 Å². The molecule has 5 aromatic carbocycles. The molecule has 0 aliphatic carbocycles. The van der Waals surface area contributed by atoms with Crippen molar-refractivity contribution in [3.8, 4) is 0 Å². The van der Waals surface area contributed by atoms with Gasteiger partial charge in [0.25, 0.3) is 0 Å². The number of carbonyl (C=O) groups excluding carboxylic acids is 1. The van der Waals surface area contributed by atoms with Crippen molar-refractivity contribution in [2.75, 3.05) is 0 Å². The van der Waals surface area contributed by atoms with Crippen molar-refractivity contribution < 1.29 is 26.1 Å². The number of benzene rings is 5. The summed E-state index contributed by atoms with van der Waals surface area (Å²) in [7, 11) is -0.355. The zero-order chi connectivity index (χ0) is 32.2. The van der Waals surface area contributed by atoms with E-state index in [0.29, 0.717) is 26.1 Å². The number of rotatable bonds is 7. The van der Waals surface area contributed by atoms with Gasteiger partial charge in [-0.1, -0.05) is 65.3 Å². The van der Waals surface area contributed by atoms with E-state index in [1.807, 2.05) is 66.7 Å². The van der Waals surface area contributed by atoms with Crippen molar-refractivity contribution in [2.45, 2.75) is 24.5 Å². The number of hydrogen-bond donors (Lipinski definition) is 0. The summed E-state index contributed by atoms with van der Waals surface area (Å²) in [5.41, 5.74) is 0.869. The van der Waals surface area contributed by atoms with Crippen molar-refractivity contribution in [3.63, 3.8) is 0 Å². The van der Waals surface area contributed by atoms with Gasteiger partial charge in [-0.05, 0) is 91.0 Å². The normalized spacial score (nSPS) is 13.0. The molecule has 5 aromatic rings. The maximum atomic E-state index is 14.9. The monoisotopic (exact) mass is 796 g/mol. The summed E-state index contributed by atoms with van der Waals surface area (Å²) in [4.78, 5) is 17.4. The second-order valence-electron chi connectivity index (χ2n) is 9.09. The van der Waals surface area contributed by atoms with Gasteiger partial charge < -0.3 is 0 Å². The van der Waals surface area contributed by atoms with Crippen LogP contribution in [0.4, 0.5) is 21.3 Å². The van der Waals surface area contributed by atoms with Gasteiger partial charge in [0.05, 0.1) is 10.9 Å². The zero-order valence-corrected chi connectivity index (χ0v) is 27.8. The molecule has 0 heterocycles. The van der Waals surface area contributed by atoms with E-state index in [0.717, 1.165) is 19.6 Å². The van der Waals surface area contributed by atoms with Crippen LogP contribution in [0.25, 0.3) is 0 Å². The Kier molecular flexibility index (Phi) is 10.1. The molecule has 0 fully saturated rings. The molecule has 0 aromatic heterocycles. The van der Waals surface area contributed by atoms with E-state index in [2.05, 4.69) is 12.1 Å². The summed E-state index contributed by atoms with van der Waals surface area (Å²) in [5, 5.41) is 1.38. The molecule has 0 bridgehead atoms. The van der Waals surface area contributed by atoms with E-state index in [1.54, 1.807) is 36.4 Å². The summed E-state index contributed by atoms with van der Waals surface area (Å²) in [6, 6.07) is 37.4. The standard InChI is InChI=1S/C31H20Cl2FOS2.6FH.Sb/c32-23-7-13-26(14-8-23)37(27-15-9-24(33)10-16-27)28-17-11-25(12-18-28)36-30-19-6-22(20-29(30)34)31(35)21-4-2-1-3-5-21;;;;;;;/h1-20H;6*1H;/q+1;;;;;;;+5/p-6. The Morgan fingerprint density at radius 2 is 1.02 bits per heavy atom. The van der Waals surface area contributed by atoms with Crippen LogP contribution in [-0.4, -0.2) is 25.3 Å². The van der Waals surface area contributed by atoms with Crippen molar-refractivity contribution >= 4 is 71.1 Å². The van der Waals surface area contributed by atoms with Crippen molar-refractivity contribution in [3.05, 3.63) is 148 Å². The first-order valence-corrected chi connectivity index (χ1v) is 21.0. The molecule has 44 heavy (non-hydrogen) atoms. The van der Waals surface area contributed by atoms with Crippen molar-refractivity contribution in [2.24, 2.45) is 0 Å². The zero-order valence-electron chi connectivity index (χ0n) is 22.1. The summed E-state index contributed by atoms with van der Waals surface area (Å²) in [6.45, 7) is 0. The second kappa shape index (κ2) is 13.0. The SMILES string of the molecule is O=C(c1ccccc1)c1ccc(Sc2ccc([S+](c3ccc(Cl)cc3)c3ccc(Cl)cc3)cc2)c(F)c1.[F][Sb-]([F])([F])([F])([F])[F]. The molecule has 0 saturated carbocycles. The van der Waals surface area contributed by atoms with E-state index in [-0.39, 0.29) is 16.7 Å². The summed E-state index contributed by atoms with van der Waals surface area (Å²) in [5.74, 6) is -0.616. The molecule has 230 valence electrons. The van der Waals surface area contributed by atoms with Crippen LogP contribution in [0.3, 0.4) is 0 Å². The van der Waals surface area contributed by atoms with Crippen molar-refractivity contribution in [1.29, 1.82) is 0 Å². The Balaban J connectivity index is 0.000000566. The number of halogens is 9. The molecule has 0 atom stereocenters. The molecular formula is C31H20Cl2F7OS2Sb. The van der Waals surface area contributed by atoms with Crippen molar-refractivity contribution in [1.82, 2.24) is 0 Å². The van der Waals surface area contributed by atoms with Gasteiger partial charge in [-0.2, -0.15) is 0 Å². The fraction of sp³-hybridized carbons (Fsp3) is 0. The summed E-state index contributed by atoms with van der Waals surface area (Å²) >= 11 is 2.34. The van der Waals surface area contributed by atoms with Gasteiger partial charge in [0.15, 0.2) is 20.5 Å². The molecule has 0 spiro atoms. The Bertz CT molecular complexity index is 1700. The third-order valence-corrected chi connectivity index (χ3v) is 9.41. The predicted molar refractivity (Wildman–Crippen MR) is 164 cm³/mol. The van der Waals surface area contributed by atoms with Crippen LogP contribution in [0, 0.1) is 5.82 Å². The number of ketones is 1. The number of hydrogen-bond acceptors (Lipinski definition) is 2. The molecule has 0 aliphatic heterocycles. The molecule has 13 heteroatoms. The topological polar surface area (TPSA) is 17.1 Å². The van der Waals surface area contributed by atoms with Crippen LogP contribution in [-0.2, 0) is 10.9 Å². The first-order chi connectivity index (χ1) is 20.4. The Hall–Kier alpha value is -2.62. The quantitative estimate of drug-likeness (QED) is 0.0706. The third-order valence-electron chi connectivity index (χ3n) is 5.62. The molecule has 0 amide bonds. The Morgan fingerprint density at radius 3 is 1.45 bits per heavy atom. The van der Waals surface area contributed by atoms with Crippen LogP contribution in [0.2, 0.25) is 10.0 Å². The van der Waals surface area contributed by atoms with Gasteiger partial charge in [-0.15, -0.1) is 0 Å². The third kappa shape index (κ3) is 11.1. The minimum absolute atomic E-state index is 0.197. The van der Waals surface area contributed by atoms with E-state index in [1.165, 1.54) is 17.8 Å². The van der Waals surface area contributed by atoms with Gasteiger partial charge in [-0.3, -0.25) is 4.79 Å². The van der Waals surface area contributed by atoms with Crippen LogP contribution in [0.15, 0.2) is 146 Å². The van der Waals surface area contributed by atoms with Gasteiger partial charge in [0, 0.05) is 31.0 Å². The summed E-state index contributed by atoms with van der Waals surface area (Å²) < 4.78 is 74.5. The Labute approximate surface area is 268 Å². The van der Waals surface area contributed by atoms with E-state index >= 15 is 0 Å². The molecule has 0 aliphatic rings. The van der Waals surface area contributed by atoms with Crippen LogP contribution >= 0.6 is 35.0 Å². The molecule has 1 nitrogen and oxygen atoms in total. The molecule has 0 saturated heterocycles.